The van der Waals surface area contributed by atoms with Gasteiger partial charge in [0.1, 0.15) is 0 Å². The first-order chi connectivity index (χ1) is 8.76. The van der Waals surface area contributed by atoms with E-state index in [0.29, 0.717) is 5.92 Å². The zero-order valence-corrected chi connectivity index (χ0v) is 11.5. The van der Waals surface area contributed by atoms with E-state index >= 15 is 0 Å². The first-order valence-corrected chi connectivity index (χ1v) is 7.15. The molecule has 2 nitrogen and oxygen atoms in total. The summed E-state index contributed by atoms with van der Waals surface area (Å²) in [5.41, 5.74) is 2.20. The van der Waals surface area contributed by atoms with Crippen molar-refractivity contribution in [2.24, 2.45) is 0 Å². The summed E-state index contributed by atoms with van der Waals surface area (Å²) in [5, 5.41) is 0. The molecule has 0 saturated carbocycles. The van der Waals surface area contributed by atoms with Crippen LogP contribution in [0.3, 0.4) is 0 Å². The molecule has 98 valence electrons. The molecule has 0 aromatic heterocycles. The van der Waals surface area contributed by atoms with Crippen LogP contribution in [0.2, 0.25) is 0 Å². The molecule has 0 radical (unpaired) electrons. The highest BCUT2D eigenvalue weighted by Crippen LogP contribution is 2.23. The number of likely N-dealkylation sites (tertiary alicyclic amines) is 1. The lowest BCUT2D eigenvalue weighted by Crippen LogP contribution is -2.27. The highest BCUT2D eigenvalue weighted by molar-refractivity contribution is 5.94. The first-order valence-electron chi connectivity index (χ1n) is 7.15. The second-order valence-electron chi connectivity index (χ2n) is 5.13. The van der Waals surface area contributed by atoms with Gasteiger partial charge >= 0.3 is 0 Å². The SMILES string of the molecule is CCC(CC)c1ccc(C(=O)N2CCCC2)cc1. The van der Waals surface area contributed by atoms with Crippen LogP contribution in [-0.4, -0.2) is 23.9 Å². The van der Waals surface area contributed by atoms with Gasteiger partial charge in [-0.2, -0.15) is 0 Å². The van der Waals surface area contributed by atoms with Crippen LogP contribution in [0, 0.1) is 0 Å². The maximum atomic E-state index is 12.2. The molecule has 18 heavy (non-hydrogen) atoms. The van der Waals surface area contributed by atoms with Gasteiger partial charge in [0.15, 0.2) is 0 Å². The van der Waals surface area contributed by atoms with Gasteiger partial charge in [-0.1, -0.05) is 26.0 Å². The normalized spacial score (nSPS) is 15.4. The summed E-state index contributed by atoms with van der Waals surface area (Å²) in [7, 11) is 0. The average Bonchev–Trinajstić information content (AvgIpc) is 2.94. The Hall–Kier alpha value is -1.31. The molecule has 2 rings (SSSR count). The smallest absolute Gasteiger partial charge is 0.253 e. The Kier molecular flexibility index (Phi) is 4.40. The van der Waals surface area contributed by atoms with Crippen LogP contribution in [0.5, 0.6) is 0 Å². The topological polar surface area (TPSA) is 20.3 Å². The van der Waals surface area contributed by atoms with Gasteiger partial charge in [0, 0.05) is 18.7 Å². The van der Waals surface area contributed by atoms with Crippen LogP contribution < -0.4 is 0 Å². The fraction of sp³-hybridized carbons (Fsp3) is 0.562. The predicted molar refractivity (Wildman–Crippen MR) is 74.9 cm³/mol. The molecule has 1 fully saturated rings. The minimum absolute atomic E-state index is 0.198. The first kappa shape index (κ1) is 13.1. The monoisotopic (exact) mass is 245 g/mol. The van der Waals surface area contributed by atoms with Crippen molar-refractivity contribution in [3.8, 4) is 0 Å². The lowest BCUT2D eigenvalue weighted by molar-refractivity contribution is 0.0793. The Labute approximate surface area is 110 Å². The third-order valence-electron chi connectivity index (χ3n) is 4.01. The van der Waals surface area contributed by atoms with Crippen molar-refractivity contribution in [3.05, 3.63) is 35.4 Å². The van der Waals surface area contributed by atoms with Crippen LogP contribution in [0.1, 0.15) is 61.4 Å². The van der Waals surface area contributed by atoms with Crippen LogP contribution in [0.4, 0.5) is 0 Å². The van der Waals surface area contributed by atoms with E-state index < -0.39 is 0 Å². The molecule has 1 amide bonds. The second-order valence-corrected chi connectivity index (χ2v) is 5.13. The molecule has 0 aliphatic carbocycles. The van der Waals surface area contributed by atoms with Crippen molar-refractivity contribution in [1.82, 2.24) is 4.90 Å². The zero-order valence-electron chi connectivity index (χ0n) is 11.5. The second kappa shape index (κ2) is 6.03. The Morgan fingerprint density at radius 1 is 1.11 bits per heavy atom. The van der Waals surface area contributed by atoms with Gasteiger partial charge in [0.25, 0.3) is 5.91 Å². The fourth-order valence-corrected chi connectivity index (χ4v) is 2.76. The molecule has 1 heterocycles. The van der Waals surface area contributed by atoms with E-state index in [2.05, 4.69) is 26.0 Å². The van der Waals surface area contributed by atoms with Crippen molar-refractivity contribution >= 4 is 5.91 Å². The van der Waals surface area contributed by atoms with Crippen LogP contribution in [-0.2, 0) is 0 Å². The summed E-state index contributed by atoms with van der Waals surface area (Å²) in [5.74, 6) is 0.824. The summed E-state index contributed by atoms with van der Waals surface area (Å²) in [4.78, 5) is 14.2. The van der Waals surface area contributed by atoms with Crippen molar-refractivity contribution in [2.45, 2.75) is 45.4 Å². The minimum atomic E-state index is 0.198. The van der Waals surface area contributed by atoms with Crippen LogP contribution >= 0.6 is 0 Å². The Balaban J connectivity index is 2.09. The van der Waals surface area contributed by atoms with E-state index in [1.54, 1.807) is 0 Å². The van der Waals surface area contributed by atoms with Gasteiger partial charge in [0.05, 0.1) is 0 Å². The summed E-state index contributed by atoms with van der Waals surface area (Å²) in [6.07, 6.45) is 4.63. The van der Waals surface area contributed by atoms with Crippen molar-refractivity contribution in [1.29, 1.82) is 0 Å². The molecule has 1 aliphatic heterocycles. The lowest BCUT2D eigenvalue weighted by atomic mass is 9.93. The summed E-state index contributed by atoms with van der Waals surface area (Å²) < 4.78 is 0. The summed E-state index contributed by atoms with van der Waals surface area (Å²) in [6.45, 7) is 6.29. The number of carbonyl (C=O) groups excluding carboxylic acids is 1. The van der Waals surface area contributed by atoms with E-state index in [9.17, 15) is 4.79 Å². The van der Waals surface area contributed by atoms with Crippen molar-refractivity contribution < 1.29 is 4.79 Å². The van der Waals surface area contributed by atoms with Gasteiger partial charge in [-0.25, -0.2) is 0 Å². The lowest BCUT2D eigenvalue weighted by Gasteiger charge is -2.17. The molecule has 2 heteroatoms. The number of rotatable bonds is 4. The fourth-order valence-electron chi connectivity index (χ4n) is 2.76. The predicted octanol–water partition coefficient (Wildman–Crippen LogP) is 3.83. The van der Waals surface area contributed by atoms with Gasteiger partial charge in [-0.3, -0.25) is 4.79 Å². The standard InChI is InChI=1S/C16H23NO/c1-3-13(4-2)14-7-9-15(10-8-14)16(18)17-11-5-6-12-17/h7-10,13H,3-6,11-12H2,1-2H3. The number of hydrogen-bond donors (Lipinski definition) is 0. The summed E-state index contributed by atoms with van der Waals surface area (Å²) in [6, 6.07) is 8.24. The quantitative estimate of drug-likeness (QED) is 0.789. The third kappa shape index (κ3) is 2.74. The Bertz CT molecular complexity index is 386. The minimum Gasteiger partial charge on any atom is -0.339 e. The largest absolute Gasteiger partial charge is 0.339 e. The van der Waals surface area contributed by atoms with E-state index in [1.165, 1.54) is 5.56 Å². The number of amides is 1. The van der Waals surface area contributed by atoms with Crippen molar-refractivity contribution in [2.75, 3.05) is 13.1 Å². The molecule has 0 bridgehead atoms. The molecule has 1 aliphatic rings. The number of benzene rings is 1. The number of hydrogen-bond acceptors (Lipinski definition) is 1. The summed E-state index contributed by atoms with van der Waals surface area (Å²) >= 11 is 0. The van der Waals surface area contributed by atoms with Gasteiger partial charge in [-0.15, -0.1) is 0 Å². The van der Waals surface area contributed by atoms with Gasteiger partial charge in [-0.05, 0) is 49.3 Å². The molecule has 0 unspecified atom stereocenters. The van der Waals surface area contributed by atoms with Crippen LogP contribution in [0.25, 0.3) is 0 Å². The third-order valence-corrected chi connectivity index (χ3v) is 4.01. The molecule has 1 aromatic rings. The maximum Gasteiger partial charge on any atom is 0.253 e. The van der Waals surface area contributed by atoms with Crippen LogP contribution in [0.15, 0.2) is 24.3 Å². The van der Waals surface area contributed by atoms with E-state index in [-0.39, 0.29) is 5.91 Å². The highest BCUT2D eigenvalue weighted by Gasteiger charge is 2.19. The van der Waals surface area contributed by atoms with Gasteiger partial charge < -0.3 is 4.90 Å². The molecule has 1 saturated heterocycles. The molecule has 1 aromatic carbocycles. The molecule has 0 spiro atoms. The Morgan fingerprint density at radius 2 is 1.67 bits per heavy atom. The maximum absolute atomic E-state index is 12.2. The molecule has 0 atom stereocenters. The number of carbonyl (C=O) groups is 1. The van der Waals surface area contributed by atoms with Crippen molar-refractivity contribution in [3.63, 3.8) is 0 Å². The Morgan fingerprint density at radius 3 is 2.17 bits per heavy atom. The van der Waals surface area contributed by atoms with Gasteiger partial charge in [0.2, 0.25) is 0 Å². The molecule has 0 N–H and O–H groups in total. The van der Waals surface area contributed by atoms with E-state index in [1.807, 2.05) is 17.0 Å². The number of nitrogens with zero attached hydrogens (tertiary/aromatic N) is 1. The van der Waals surface area contributed by atoms with E-state index in [4.69, 9.17) is 0 Å². The van der Waals surface area contributed by atoms with E-state index in [0.717, 1.165) is 44.3 Å². The molecular formula is C16H23NO. The highest BCUT2D eigenvalue weighted by atomic mass is 16.2. The average molecular weight is 245 g/mol. The molecular weight excluding hydrogens is 222 g/mol. The zero-order chi connectivity index (χ0) is 13.0.